The van der Waals surface area contributed by atoms with Gasteiger partial charge in [0.2, 0.25) is 0 Å². The number of allylic oxidation sites excluding steroid dienone is 1. The van der Waals surface area contributed by atoms with Crippen molar-refractivity contribution in [1.29, 1.82) is 0 Å². The average molecular weight is 869 g/mol. The predicted molar refractivity (Wildman–Crippen MR) is 236 cm³/mol. The van der Waals surface area contributed by atoms with Crippen LogP contribution in [0.2, 0.25) is 0 Å². The number of ketones is 2. The molecule has 0 radical (unpaired) electrons. The Balaban J connectivity index is 0.000000182. The van der Waals surface area contributed by atoms with Crippen LogP contribution in [0.4, 0.5) is 4.79 Å². The normalized spacial score (nSPS) is 37.4. The van der Waals surface area contributed by atoms with E-state index >= 15 is 0 Å². The number of esters is 1. The predicted octanol–water partition coefficient (Wildman–Crippen LogP) is 11.2. The van der Waals surface area contributed by atoms with Gasteiger partial charge in [0.25, 0.3) is 0 Å². The third-order valence-electron chi connectivity index (χ3n) is 17.7. The minimum atomic E-state index is -0.953. The molecule has 11 atom stereocenters. The minimum absolute atomic E-state index is 0.0330. The van der Waals surface area contributed by atoms with Crippen molar-refractivity contribution in [3.63, 3.8) is 0 Å². The number of rotatable bonds is 11. The third kappa shape index (κ3) is 8.14. The van der Waals surface area contributed by atoms with Crippen LogP contribution in [0.15, 0.2) is 29.8 Å². The number of unbranched alkanes of at least 4 members (excludes halogenated alkanes) is 2. The summed E-state index contributed by atoms with van der Waals surface area (Å²) in [4.78, 5) is 51.8. The van der Waals surface area contributed by atoms with Gasteiger partial charge in [-0.1, -0.05) is 52.2 Å². The number of fused-ring (bicyclic) bond motifs is 10. The molecule has 1 aromatic carbocycles. The van der Waals surface area contributed by atoms with E-state index in [0.29, 0.717) is 85.4 Å². The second-order valence-electron chi connectivity index (χ2n) is 20.4. The van der Waals surface area contributed by atoms with Gasteiger partial charge in [0, 0.05) is 43.1 Å². The van der Waals surface area contributed by atoms with Crippen LogP contribution in [0, 0.1) is 45.8 Å². The van der Waals surface area contributed by atoms with Crippen molar-refractivity contribution >= 4 is 46.8 Å². The molecule has 7 aliphatic rings. The van der Waals surface area contributed by atoms with Crippen molar-refractivity contribution in [3.8, 4) is 5.75 Å². The number of hydrogen-bond donors (Lipinski definition) is 1. The van der Waals surface area contributed by atoms with Gasteiger partial charge in [-0.15, -0.1) is 23.2 Å². The van der Waals surface area contributed by atoms with E-state index < -0.39 is 11.7 Å². The largest absolute Gasteiger partial charge is 0.450 e. The molecule has 7 aliphatic carbocycles. The molecule has 0 aliphatic heterocycles. The standard InChI is InChI=1S/C27H40O4.C23H31Cl2NO3/c1-5-6-7-8-24(30)31-27(18(2)28)16-13-23-21-10-9-19-17-20(29)11-14-25(19,3)22(21)12-15-26(23,27)4;1-23-9-8-18-17-5-3-16(29-22(28)26(12-10-24)13-11-25)14-15(17)2-4-19(18)20(23)6-7-21(23)27/h17,21-23H,5-16H2,1-4H3;3,5,14,18-21,27H,2,4,6-13H2,1H3/t21-,22+,23+,25+,26+,27+;18-,19-,20+,21+,23+/m11/s1. The Kier molecular flexibility index (Phi) is 14.0. The molecule has 0 spiro atoms. The van der Waals surface area contributed by atoms with Gasteiger partial charge in [-0.3, -0.25) is 14.4 Å². The number of alkyl halides is 2. The summed E-state index contributed by atoms with van der Waals surface area (Å²) in [6.45, 7) is 11.5. The lowest BCUT2D eigenvalue weighted by atomic mass is 9.46. The Morgan fingerprint density at radius 1 is 0.833 bits per heavy atom. The van der Waals surface area contributed by atoms with Crippen molar-refractivity contribution in [2.75, 3.05) is 24.8 Å². The van der Waals surface area contributed by atoms with Crippen molar-refractivity contribution in [1.82, 2.24) is 4.90 Å². The summed E-state index contributed by atoms with van der Waals surface area (Å²) in [5, 5.41) is 10.5. The highest BCUT2D eigenvalue weighted by molar-refractivity contribution is 6.18. The molecule has 60 heavy (non-hydrogen) atoms. The molecule has 5 fully saturated rings. The quantitative estimate of drug-likeness (QED) is 0.134. The van der Waals surface area contributed by atoms with Crippen LogP contribution in [0.1, 0.15) is 161 Å². The summed E-state index contributed by atoms with van der Waals surface area (Å²) in [5.41, 5.74) is 3.09. The van der Waals surface area contributed by atoms with E-state index in [1.807, 2.05) is 18.2 Å². The Bertz CT molecular complexity index is 1810. The fourth-order valence-corrected chi connectivity index (χ4v) is 14.8. The van der Waals surface area contributed by atoms with E-state index in [-0.39, 0.29) is 39.9 Å². The Morgan fingerprint density at radius 2 is 1.57 bits per heavy atom. The first kappa shape index (κ1) is 45.6. The molecule has 1 N–H and O–H groups in total. The number of halogens is 2. The molecule has 0 aromatic heterocycles. The molecule has 0 saturated heterocycles. The zero-order valence-electron chi connectivity index (χ0n) is 37.0. The molecule has 8 rings (SSSR count). The zero-order valence-corrected chi connectivity index (χ0v) is 38.5. The number of nitrogens with zero attached hydrogens (tertiary/aromatic N) is 1. The second kappa shape index (κ2) is 18.4. The number of carbonyl (C=O) groups excluding carboxylic acids is 4. The second-order valence-corrected chi connectivity index (χ2v) is 21.2. The minimum Gasteiger partial charge on any atom is -0.450 e. The molecule has 0 bridgehead atoms. The van der Waals surface area contributed by atoms with E-state index in [4.69, 9.17) is 32.7 Å². The summed E-state index contributed by atoms with van der Waals surface area (Å²) in [6, 6.07) is 6.13. The lowest BCUT2D eigenvalue weighted by Crippen LogP contribution is -2.58. The van der Waals surface area contributed by atoms with Gasteiger partial charge in [0.1, 0.15) is 5.75 Å². The fraction of sp³-hybridized carbons (Fsp3) is 0.760. The first-order chi connectivity index (χ1) is 28.7. The van der Waals surface area contributed by atoms with Gasteiger partial charge >= 0.3 is 12.1 Å². The first-order valence-electron chi connectivity index (χ1n) is 23.5. The van der Waals surface area contributed by atoms with Crippen LogP contribution >= 0.6 is 23.2 Å². The molecule has 0 heterocycles. The third-order valence-corrected chi connectivity index (χ3v) is 18.1. The zero-order chi connectivity index (χ0) is 43.0. The van der Waals surface area contributed by atoms with Crippen molar-refractivity contribution in [3.05, 3.63) is 41.0 Å². The van der Waals surface area contributed by atoms with Gasteiger partial charge < -0.3 is 19.5 Å². The van der Waals surface area contributed by atoms with E-state index in [2.05, 4.69) is 33.8 Å². The highest BCUT2D eigenvalue weighted by Gasteiger charge is 2.68. The van der Waals surface area contributed by atoms with Gasteiger partial charge in [0.15, 0.2) is 17.2 Å². The number of carbonyl (C=O) groups is 4. The van der Waals surface area contributed by atoms with Crippen LogP contribution < -0.4 is 4.74 Å². The maximum Gasteiger partial charge on any atom is 0.415 e. The molecule has 10 heteroatoms. The summed E-state index contributed by atoms with van der Waals surface area (Å²) in [6.07, 6.45) is 18.6. The van der Waals surface area contributed by atoms with Crippen LogP contribution in [0.3, 0.4) is 0 Å². The molecular weight excluding hydrogens is 797 g/mol. The van der Waals surface area contributed by atoms with Crippen LogP contribution in [0.5, 0.6) is 5.75 Å². The van der Waals surface area contributed by atoms with Gasteiger partial charge in [-0.2, -0.15) is 0 Å². The van der Waals surface area contributed by atoms with Crippen LogP contribution in [-0.2, 0) is 25.5 Å². The summed E-state index contributed by atoms with van der Waals surface area (Å²) in [7, 11) is 0. The number of aryl methyl sites for hydroxylation is 1. The molecule has 1 amide bonds. The highest BCUT2D eigenvalue weighted by Crippen LogP contribution is 2.68. The lowest BCUT2D eigenvalue weighted by molar-refractivity contribution is -0.189. The maximum absolute atomic E-state index is 13.1. The Labute approximate surface area is 369 Å². The number of aliphatic hydroxyl groups excluding tert-OH is 1. The van der Waals surface area contributed by atoms with Crippen molar-refractivity contribution in [2.45, 2.75) is 168 Å². The first-order valence-corrected chi connectivity index (χ1v) is 24.6. The molecule has 332 valence electrons. The molecule has 0 unspecified atom stereocenters. The van der Waals surface area contributed by atoms with E-state index in [0.717, 1.165) is 96.3 Å². The van der Waals surface area contributed by atoms with E-state index in [1.54, 1.807) is 11.8 Å². The molecular formula is C50H71Cl2NO7. The van der Waals surface area contributed by atoms with Crippen LogP contribution in [0.25, 0.3) is 0 Å². The smallest absolute Gasteiger partial charge is 0.415 e. The number of amides is 1. The van der Waals surface area contributed by atoms with E-state index in [1.165, 1.54) is 16.7 Å². The van der Waals surface area contributed by atoms with Gasteiger partial charge in [0.05, 0.1) is 6.10 Å². The fourth-order valence-electron chi connectivity index (χ4n) is 14.4. The number of hydrogen-bond acceptors (Lipinski definition) is 7. The van der Waals surface area contributed by atoms with Crippen molar-refractivity contribution < 1.29 is 33.8 Å². The summed E-state index contributed by atoms with van der Waals surface area (Å²) >= 11 is 11.6. The monoisotopic (exact) mass is 867 g/mol. The van der Waals surface area contributed by atoms with Crippen LogP contribution in [-0.4, -0.2) is 70.2 Å². The number of benzene rings is 1. The Morgan fingerprint density at radius 3 is 2.28 bits per heavy atom. The highest BCUT2D eigenvalue weighted by atomic mass is 35.5. The van der Waals surface area contributed by atoms with E-state index in [9.17, 15) is 24.3 Å². The Hall–Kier alpha value is -2.42. The number of aliphatic hydroxyl groups is 1. The number of Topliss-reactive ketones (excluding diaryl/α,β-unsaturated/α-hetero) is 1. The maximum atomic E-state index is 13.1. The molecule has 8 nitrogen and oxygen atoms in total. The van der Waals surface area contributed by atoms with Gasteiger partial charge in [-0.25, -0.2) is 4.79 Å². The number of ether oxygens (including phenoxy) is 2. The van der Waals surface area contributed by atoms with Crippen molar-refractivity contribution in [2.24, 2.45) is 45.8 Å². The molecule has 5 saturated carbocycles. The molecule has 1 aromatic rings. The topological polar surface area (TPSA) is 110 Å². The summed E-state index contributed by atoms with van der Waals surface area (Å²) in [5.74, 6) is 4.82. The van der Waals surface area contributed by atoms with Gasteiger partial charge in [-0.05, 0) is 172 Å². The average Bonchev–Trinajstić information content (AvgIpc) is 3.70. The lowest BCUT2D eigenvalue weighted by Gasteiger charge is -2.59. The summed E-state index contributed by atoms with van der Waals surface area (Å²) < 4.78 is 11.8. The SMILES string of the molecule is CCCCCC(=O)O[C@]1(C(C)=O)CC[C@H]2[C@@H]3CCC4=CC(=O)CC[C@]4(C)[C@H]3CC[C@@]21C.C[C@]12CC[C@@H]3c4ccc(OC(=O)N(CCCl)CCCl)cc4CC[C@H]3[C@@H]1CC[C@@H]2O.